The summed E-state index contributed by atoms with van der Waals surface area (Å²) in [6, 6.07) is 0. The van der Waals surface area contributed by atoms with Crippen molar-refractivity contribution in [3.8, 4) is 0 Å². The van der Waals surface area contributed by atoms with E-state index in [1.54, 1.807) is 0 Å². The van der Waals surface area contributed by atoms with Gasteiger partial charge in [0.2, 0.25) is 0 Å². The molecule has 0 bridgehead atoms. The molecule has 0 N–H and O–H groups in total. The predicted molar refractivity (Wildman–Crippen MR) is 128 cm³/mol. The molecule has 0 aromatic heterocycles. The van der Waals surface area contributed by atoms with Gasteiger partial charge in [-0.2, -0.15) is 0 Å². The summed E-state index contributed by atoms with van der Waals surface area (Å²) in [6.07, 6.45) is 21.8. The van der Waals surface area contributed by atoms with Crippen LogP contribution in [0.4, 0.5) is 0 Å². The minimum atomic E-state index is -0.343. The number of unbranched alkanes of at least 4 members (excludes halogenated alkanes) is 13. The Balaban J connectivity index is 3.30. The Morgan fingerprint density at radius 3 is 1.07 bits per heavy atom. The Hall–Kier alpha value is -0.860. The van der Waals surface area contributed by atoms with Crippen molar-refractivity contribution >= 4 is 11.9 Å². The van der Waals surface area contributed by atoms with Gasteiger partial charge in [0.15, 0.2) is 0 Å². The predicted octanol–water partition coefficient (Wildman–Crippen LogP) is 8.78. The van der Waals surface area contributed by atoms with Gasteiger partial charge in [0.25, 0.3) is 0 Å². The molecule has 0 amide bonds. The van der Waals surface area contributed by atoms with E-state index in [1.165, 1.54) is 77.0 Å². The quantitative estimate of drug-likeness (QED) is 0.105. The number of carbonyl (C=O) groups is 2. The molecule has 0 heterocycles. The largest absolute Gasteiger partial charge is 0.393 e. The first-order valence-electron chi connectivity index (χ1n) is 13.1. The van der Waals surface area contributed by atoms with E-state index in [-0.39, 0.29) is 11.9 Å². The Morgan fingerprint density at radius 2 is 0.733 bits per heavy atom. The molecular formula is C27H52O3. The maximum absolute atomic E-state index is 11.7. The fourth-order valence-electron chi connectivity index (χ4n) is 3.82. The highest BCUT2D eigenvalue weighted by Gasteiger charge is 2.10. The topological polar surface area (TPSA) is 43.4 Å². The van der Waals surface area contributed by atoms with Crippen LogP contribution >= 0.6 is 0 Å². The van der Waals surface area contributed by atoms with Crippen molar-refractivity contribution in [2.45, 2.75) is 150 Å². The highest BCUT2D eigenvalue weighted by Crippen LogP contribution is 2.15. The van der Waals surface area contributed by atoms with E-state index >= 15 is 0 Å². The molecule has 0 fully saturated rings. The summed E-state index contributed by atoms with van der Waals surface area (Å²) in [4.78, 5) is 23.4. The maximum atomic E-state index is 11.7. The van der Waals surface area contributed by atoms with Crippen LogP contribution in [-0.4, -0.2) is 11.9 Å². The molecular weight excluding hydrogens is 372 g/mol. The van der Waals surface area contributed by atoms with Crippen LogP contribution in [0.3, 0.4) is 0 Å². The van der Waals surface area contributed by atoms with Gasteiger partial charge >= 0.3 is 11.9 Å². The van der Waals surface area contributed by atoms with Crippen molar-refractivity contribution < 1.29 is 14.3 Å². The highest BCUT2D eigenvalue weighted by atomic mass is 16.6. The number of rotatable bonds is 21. The van der Waals surface area contributed by atoms with Gasteiger partial charge in [-0.3, -0.25) is 9.59 Å². The van der Waals surface area contributed by atoms with Crippen LogP contribution in [0.15, 0.2) is 0 Å². The molecule has 30 heavy (non-hydrogen) atoms. The van der Waals surface area contributed by atoms with Crippen LogP contribution in [0.2, 0.25) is 0 Å². The fraction of sp³-hybridized carbons (Fsp3) is 0.926. The standard InChI is InChI=1S/C27H52O3/c1-24(2)20-16-13-11-9-7-5-6-8-10-12-14-18-22-26(28)30-27(29)23-19-15-17-21-25(3)4/h24-25H,5-23H2,1-4H3. The Morgan fingerprint density at radius 1 is 0.467 bits per heavy atom. The summed E-state index contributed by atoms with van der Waals surface area (Å²) < 4.78 is 4.92. The van der Waals surface area contributed by atoms with Crippen LogP contribution in [0.25, 0.3) is 0 Å². The summed E-state index contributed by atoms with van der Waals surface area (Å²) in [5, 5.41) is 0. The molecule has 0 aliphatic rings. The Labute approximate surface area is 188 Å². The zero-order valence-electron chi connectivity index (χ0n) is 20.8. The van der Waals surface area contributed by atoms with Crippen LogP contribution < -0.4 is 0 Å². The molecule has 178 valence electrons. The monoisotopic (exact) mass is 424 g/mol. The summed E-state index contributed by atoms with van der Waals surface area (Å²) in [5.74, 6) is 0.889. The molecule has 0 rings (SSSR count). The van der Waals surface area contributed by atoms with E-state index in [4.69, 9.17) is 4.74 Å². The van der Waals surface area contributed by atoms with Gasteiger partial charge in [-0.25, -0.2) is 0 Å². The van der Waals surface area contributed by atoms with Gasteiger partial charge < -0.3 is 4.74 Å². The zero-order valence-corrected chi connectivity index (χ0v) is 20.8. The normalized spacial score (nSPS) is 11.4. The van der Waals surface area contributed by atoms with Crippen molar-refractivity contribution in [2.24, 2.45) is 11.8 Å². The molecule has 0 aromatic carbocycles. The lowest BCUT2D eigenvalue weighted by atomic mass is 10.0. The van der Waals surface area contributed by atoms with Crippen molar-refractivity contribution in [1.82, 2.24) is 0 Å². The van der Waals surface area contributed by atoms with E-state index in [0.717, 1.165) is 38.0 Å². The van der Waals surface area contributed by atoms with E-state index in [0.29, 0.717) is 18.8 Å². The second-order valence-electron chi connectivity index (χ2n) is 10.0. The van der Waals surface area contributed by atoms with Crippen LogP contribution in [0.5, 0.6) is 0 Å². The van der Waals surface area contributed by atoms with Gasteiger partial charge in [-0.1, -0.05) is 124 Å². The summed E-state index contributed by atoms with van der Waals surface area (Å²) in [7, 11) is 0. The number of carbonyl (C=O) groups excluding carboxylic acids is 2. The molecule has 0 radical (unpaired) electrons. The molecule has 0 aliphatic heterocycles. The first kappa shape index (κ1) is 29.1. The molecule has 3 heteroatoms. The molecule has 0 spiro atoms. The number of esters is 2. The first-order chi connectivity index (χ1) is 14.4. The summed E-state index contributed by atoms with van der Waals surface area (Å²) in [6.45, 7) is 9.04. The smallest absolute Gasteiger partial charge is 0.313 e. The fourth-order valence-corrected chi connectivity index (χ4v) is 3.82. The minimum Gasteiger partial charge on any atom is -0.393 e. The third kappa shape index (κ3) is 23.4. The van der Waals surface area contributed by atoms with Gasteiger partial charge in [-0.15, -0.1) is 0 Å². The SMILES string of the molecule is CC(C)CCCCCCCCCCCCCCC(=O)OC(=O)CCCCCC(C)C. The van der Waals surface area contributed by atoms with Gasteiger partial charge in [0, 0.05) is 12.8 Å². The lowest BCUT2D eigenvalue weighted by molar-refractivity contribution is -0.159. The van der Waals surface area contributed by atoms with Gasteiger partial charge in [0.1, 0.15) is 0 Å². The molecule has 0 saturated carbocycles. The lowest BCUT2D eigenvalue weighted by Gasteiger charge is -2.05. The minimum absolute atomic E-state index is 0.337. The molecule has 0 saturated heterocycles. The van der Waals surface area contributed by atoms with Gasteiger partial charge in [-0.05, 0) is 24.7 Å². The summed E-state index contributed by atoms with van der Waals surface area (Å²) >= 11 is 0. The number of ether oxygens (including phenoxy) is 1. The average molecular weight is 425 g/mol. The maximum Gasteiger partial charge on any atom is 0.313 e. The molecule has 0 aromatic rings. The first-order valence-corrected chi connectivity index (χ1v) is 13.1. The third-order valence-electron chi connectivity index (χ3n) is 5.80. The lowest BCUT2D eigenvalue weighted by Crippen LogP contribution is -2.11. The highest BCUT2D eigenvalue weighted by molar-refractivity contribution is 5.85. The van der Waals surface area contributed by atoms with Crippen LogP contribution in [0.1, 0.15) is 150 Å². The number of hydrogen-bond donors (Lipinski definition) is 0. The third-order valence-corrected chi connectivity index (χ3v) is 5.80. The Bertz CT molecular complexity index is 401. The van der Waals surface area contributed by atoms with Crippen molar-refractivity contribution in [3.05, 3.63) is 0 Å². The molecule has 0 atom stereocenters. The van der Waals surface area contributed by atoms with Crippen molar-refractivity contribution in [1.29, 1.82) is 0 Å². The van der Waals surface area contributed by atoms with Crippen molar-refractivity contribution in [2.75, 3.05) is 0 Å². The van der Waals surface area contributed by atoms with E-state index in [2.05, 4.69) is 27.7 Å². The molecule has 3 nitrogen and oxygen atoms in total. The molecule has 0 unspecified atom stereocenters. The Kier molecular flexibility index (Phi) is 20.8. The van der Waals surface area contributed by atoms with Crippen molar-refractivity contribution in [3.63, 3.8) is 0 Å². The van der Waals surface area contributed by atoms with E-state index < -0.39 is 0 Å². The van der Waals surface area contributed by atoms with E-state index in [9.17, 15) is 9.59 Å². The summed E-state index contributed by atoms with van der Waals surface area (Å²) in [5.41, 5.74) is 0. The zero-order chi connectivity index (χ0) is 22.5. The average Bonchev–Trinajstić information content (AvgIpc) is 2.67. The van der Waals surface area contributed by atoms with Gasteiger partial charge in [0.05, 0.1) is 0 Å². The van der Waals surface area contributed by atoms with Crippen LogP contribution in [0, 0.1) is 11.8 Å². The van der Waals surface area contributed by atoms with Crippen LogP contribution in [-0.2, 0) is 14.3 Å². The number of hydrogen-bond acceptors (Lipinski definition) is 3. The second kappa shape index (κ2) is 21.4. The van der Waals surface area contributed by atoms with E-state index in [1.807, 2.05) is 0 Å². The second-order valence-corrected chi connectivity index (χ2v) is 10.0. The molecule has 0 aliphatic carbocycles.